The van der Waals surface area contributed by atoms with Gasteiger partial charge >= 0.3 is 0 Å². The van der Waals surface area contributed by atoms with Crippen molar-refractivity contribution in [1.82, 2.24) is 0 Å². The van der Waals surface area contributed by atoms with Crippen molar-refractivity contribution in [3.05, 3.63) is 65.2 Å². The van der Waals surface area contributed by atoms with Crippen LogP contribution in [0.1, 0.15) is 29.5 Å². The highest BCUT2D eigenvalue weighted by atomic mass is 14.9. The fourth-order valence-corrected chi connectivity index (χ4v) is 2.74. The summed E-state index contributed by atoms with van der Waals surface area (Å²) in [6, 6.07) is 17.7. The Kier molecular flexibility index (Phi) is 3.06. The minimum atomic E-state index is 0.603. The number of hydrogen-bond acceptors (Lipinski definition) is 1. The number of rotatable bonds is 2. The van der Waals surface area contributed by atoms with E-state index in [1.54, 1.807) is 0 Å². The van der Waals surface area contributed by atoms with E-state index in [1.807, 2.05) is 0 Å². The zero-order valence-corrected chi connectivity index (χ0v) is 10.8. The Balaban J connectivity index is 1.87. The fraction of sp³-hybridized carbons (Fsp3) is 0.294. The van der Waals surface area contributed by atoms with Gasteiger partial charge in [-0.2, -0.15) is 0 Å². The van der Waals surface area contributed by atoms with Crippen molar-refractivity contribution in [2.75, 3.05) is 11.9 Å². The van der Waals surface area contributed by atoms with E-state index in [0.717, 1.165) is 19.4 Å². The van der Waals surface area contributed by atoms with Gasteiger partial charge in [0.25, 0.3) is 0 Å². The Bertz CT molecular complexity index is 545. The molecule has 0 saturated heterocycles. The molecule has 1 unspecified atom stereocenters. The van der Waals surface area contributed by atoms with Gasteiger partial charge in [-0.15, -0.1) is 0 Å². The van der Waals surface area contributed by atoms with E-state index >= 15 is 0 Å². The molecular formula is C17H19N. The van der Waals surface area contributed by atoms with E-state index in [4.69, 9.17) is 0 Å². The quantitative estimate of drug-likeness (QED) is 0.832. The molecule has 1 aliphatic rings. The van der Waals surface area contributed by atoms with Crippen LogP contribution in [0.4, 0.5) is 5.69 Å². The first kappa shape index (κ1) is 11.3. The van der Waals surface area contributed by atoms with Crippen molar-refractivity contribution in [2.24, 2.45) is 0 Å². The average Bonchev–Trinajstić information content (AvgIpc) is 2.47. The van der Waals surface area contributed by atoms with Gasteiger partial charge < -0.3 is 5.32 Å². The molecule has 0 radical (unpaired) electrons. The lowest BCUT2D eigenvalue weighted by molar-refractivity contribution is 0.694. The molecule has 2 aromatic carbocycles. The molecule has 1 nitrogen and oxygen atoms in total. The minimum absolute atomic E-state index is 0.603. The van der Waals surface area contributed by atoms with Crippen molar-refractivity contribution >= 4 is 5.69 Å². The van der Waals surface area contributed by atoms with Crippen LogP contribution in [0.5, 0.6) is 0 Å². The molecule has 0 amide bonds. The van der Waals surface area contributed by atoms with Gasteiger partial charge in [-0.1, -0.05) is 49.4 Å². The van der Waals surface area contributed by atoms with Crippen molar-refractivity contribution in [2.45, 2.75) is 25.7 Å². The fourth-order valence-electron chi connectivity index (χ4n) is 2.74. The molecule has 0 spiro atoms. The number of aryl methyl sites for hydroxylation is 1. The lowest BCUT2D eigenvalue weighted by Crippen LogP contribution is -2.21. The lowest BCUT2D eigenvalue weighted by Gasteiger charge is -2.26. The van der Waals surface area contributed by atoms with Crippen LogP contribution in [-0.2, 0) is 12.8 Å². The largest absolute Gasteiger partial charge is 0.384 e. The zero-order valence-electron chi connectivity index (χ0n) is 10.8. The van der Waals surface area contributed by atoms with Crippen LogP contribution >= 0.6 is 0 Å². The molecular weight excluding hydrogens is 218 g/mol. The van der Waals surface area contributed by atoms with Crippen LogP contribution in [-0.4, -0.2) is 6.54 Å². The molecule has 1 atom stereocenters. The molecule has 3 rings (SSSR count). The Hall–Kier alpha value is -1.76. The standard InChI is InChI=1S/C17H19N/c1-2-13-6-5-8-14(10-13)16-11-15-7-3-4-9-17(15)18-12-16/h3-10,16,18H,2,11-12H2,1H3. The maximum absolute atomic E-state index is 3.55. The maximum Gasteiger partial charge on any atom is 0.0373 e. The number of para-hydroxylation sites is 1. The molecule has 1 heterocycles. The highest BCUT2D eigenvalue weighted by molar-refractivity contribution is 5.54. The van der Waals surface area contributed by atoms with Gasteiger partial charge in [0.15, 0.2) is 0 Å². The van der Waals surface area contributed by atoms with Crippen LogP contribution in [0, 0.1) is 0 Å². The molecule has 0 aliphatic carbocycles. The summed E-state index contributed by atoms with van der Waals surface area (Å²) in [4.78, 5) is 0. The van der Waals surface area contributed by atoms with E-state index in [2.05, 4.69) is 60.8 Å². The Morgan fingerprint density at radius 1 is 1.11 bits per heavy atom. The summed E-state index contributed by atoms with van der Waals surface area (Å²) < 4.78 is 0. The number of fused-ring (bicyclic) bond motifs is 1. The summed E-state index contributed by atoms with van der Waals surface area (Å²) >= 11 is 0. The first-order valence-electron chi connectivity index (χ1n) is 6.77. The monoisotopic (exact) mass is 237 g/mol. The third-order valence-electron chi connectivity index (χ3n) is 3.85. The smallest absolute Gasteiger partial charge is 0.0373 e. The predicted octanol–water partition coefficient (Wildman–Crippen LogP) is 4.00. The maximum atomic E-state index is 3.55. The third-order valence-corrected chi connectivity index (χ3v) is 3.85. The first-order valence-corrected chi connectivity index (χ1v) is 6.77. The van der Waals surface area contributed by atoms with Crippen molar-refractivity contribution < 1.29 is 0 Å². The molecule has 0 bridgehead atoms. The number of hydrogen-bond donors (Lipinski definition) is 1. The second-order valence-electron chi connectivity index (χ2n) is 5.04. The van der Waals surface area contributed by atoms with Gasteiger partial charge in [0.1, 0.15) is 0 Å². The van der Waals surface area contributed by atoms with Gasteiger partial charge in [-0.3, -0.25) is 0 Å². The molecule has 1 N–H and O–H groups in total. The van der Waals surface area contributed by atoms with Crippen molar-refractivity contribution in [3.63, 3.8) is 0 Å². The molecule has 92 valence electrons. The van der Waals surface area contributed by atoms with Gasteiger partial charge in [-0.05, 0) is 35.6 Å². The summed E-state index contributed by atoms with van der Waals surface area (Å²) in [5.74, 6) is 0.603. The summed E-state index contributed by atoms with van der Waals surface area (Å²) in [6.07, 6.45) is 2.26. The predicted molar refractivity (Wildman–Crippen MR) is 77.2 cm³/mol. The molecule has 1 aliphatic heterocycles. The molecule has 0 fully saturated rings. The van der Waals surface area contributed by atoms with Crippen LogP contribution in [0.25, 0.3) is 0 Å². The second-order valence-corrected chi connectivity index (χ2v) is 5.04. The minimum Gasteiger partial charge on any atom is -0.384 e. The SMILES string of the molecule is CCc1cccc(C2CNc3ccccc3C2)c1. The summed E-state index contributed by atoms with van der Waals surface area (Å²) in [5, 5.41) is 3.55. The third kappa shape index (κ3) is 2.13. The van der Waals surface area contributed by atoms with E-state index in [1.165, 1.54) is 22.4 Å². The molecule has 0 aromatic heterocycles. The van der Waals surface area contributed by atoms with Crippen LogP contribution in [0.15, 0.2) is 48.5 Å². The Morgan fingerprint density at radius 2 is 2.00 bits per heavy atom. The molecule has 2 aromatic rings. The Morgan fingerprint density at radius 3 is 2.89 bits per heavy atom. The van der Waals surface area contributed by atoms with Gasteiger partial charge in [-0.25, -0.2) is 0 Å². The average molecular weight is 237 g/mol. The molecule has 18 heavy (non-hydrogen) atoms. The van der Waals surface area contributed by atoms with E-state index in [0.29, 0.717) is 5.92 Å². The van der Waals surface area contributed by atoms with Crippen molar-refractivity contribution in [1.29, 1.82) is 0 Å². The van der Waals surface area contributed by atoms with Crippen LogP contribution in [0.2, 0.25) is 0 Å². The van der Waals surface area contributed by atoms with Crippen molar-refractivity contribution in [3.8, 4) is 0 Å². The van der Waals surface area contributed by atoms with Gasteiger partial charge in [0, 0.05) is 18.2 Å². The Labute approximate surface area is 109 Å². The van der Waals surface area contributed by atoms with E-state index in [9.17, 15) is 0 Å². The lowest BCUT2D eigenvalue weighted by atomic mass is 9.87. The number of benzene rings is 2. The summed E-state index contributed by atoms with van der Waals surface area (Å²) in [6.45, 7) is 3.26. The van der Waals surface area contributed by atoms with E-state index in [-0.39, 0.29) is 0 Å². The van der Waals surface area contributed by atoms with E-state index < -0.39 is 0 Å². The van der Waals surface area contributed by atoms with Gasteiger partial charge in [0.05, 0.1) is 0 Å². The normalized spacial score (nSPS) is 17.9. The second kappa shape index (κ2) is 4.85. The number of anilines is 1. The highest BCUT2D eigenvalue weighted by Crippen LogP contribution is 2.30. The summed E-state index contributed by atoms with van der Waals surface area (Å²) in [5.41, 5.74) is 5.65. The molecule has 1 heteroatoms. The highest BCUT2D eigenvalue weighted by Gasteiger charge is 2.19. The van der Waals surface area contributed by atoms with Crippen LogP contribution in [0.3, 0.4) is 0 Å². The topological polar surface area (TPSA) is 12.0 Å². The van der Waals surface area contributed by atoms with Gasteiger partial charge in [0.2, 0.25) is 0 Å². The van der Waals surface area contributed by atoms with Crippen LogP contribution < -0.4 is 5.32 Å². The summed E-state index contributed by atoms with van der Waals surface area (Å²) in [7, 11) is 0. The first-order chi connectivity index (χ1) is 8.86. The molecule has 0 saturated carbocycles. The number of nitrogens with one attached hydrogen (secondary N) is 1. The zero-order chi connectivity index (χ0) is 12.4.